The van der Waals surface area contributed by atoms with Crippen molar-refractivity contribution in [2.75, 3.05) is 13.2 Å². The quantitative estimate of drug-likeness (QED) is 0.361. The Balaban J connectivity index is 1.60. The summed E-state index contributed by atoms with van der Waals surface area (Å²) < 4.78 is 47.2. The average molecular weight is 604 g/mol. The molecule has 0 radical (unpaired) electrons. The van der Waals surface area contributed by atoms with Crippen molar-refractivity contribution in [1.82, 2.24) is 30.0 Å². The zero-order valence-corrected chi connectivity index (χ0v) is 24.1. The maximum absolute atomic E-state index is 13.4. The molecular formula is C28H29ClF3N7O3. The number of fused-ring (bicyclic) bond motifs is 1. The highest BCUT2D eigenvalue weighted by molar-refractivity contribution is 6.31. The Morgan fingerprint density at radius 1 is 1.26 bits per heavy atom. The number of rotatable bonds is 8. The Morgan fingerprint density at radius 2 is 2.00 bits per heavy atom. The molecule has 0 fully saturated rings. The minimum absolute atomic E-state index is 0.0369. The van der Waals surface area contributed by atoms with Crippen molar-refractivity contribution in [3.8, 4) is 6.07 Å². The predicted octanol–water partition coefficient (Wildman–Crippen LogP) is 4.89. The molecule has 14 heteroatoms. The molecule has 4 rings (SSSR count). The fourth-order valence-electron chi connectivity index (χ4n) is 4.77. The molecule has 1 aliphatic heterocycles. The molecule has 1 aromatic carbocycles. The fourth-order valence-corrected chi connectivity index (χ4v) is 4.99. The van der Waals surface area contributed by atoms with Crippen LogP contribution in [0, 0.1) is 11.3 Å². The van der Waals surface area contributed by atoms with E-state index in [2.05, 4.69) is 15.3 Å². The van der Waals surface area contributed by atoms with E-state index >= 15 is 0 Å². The topological polar surface area (TPSA) is 126 Å². The summed E-state index contributed by atoms with van der Waals surface area (Å²) in [5.41, 5.74) is 0.864. The van der Waals surface area contributed by atoms with Crippen LogP contribution in [0.4, 0.5) is 13.2 Å². The summed E-state index contributed by atoms with van der Waals surface area (Å²) in [6.07, 6.45) is -1.53. The van der Waals surface area contributed by atoms with Crippen LogP contribution in [0.2, 0.25) is 5.02 Å². The Kier molecular flexibility index (Phi) is 9.18. The number of amides is 1. The summed E-state index contributed by atoms with van der Waals surface area (Å²) in [4.78, 5) is 36.3. The predicted molar refractivity (Wildman–Crippen MR) is 146 cm³/mol. The number of benzene rings is 1. The number of alkyl halides is 3. The van der Waals surface area contributed by atoms with Crippen molar-refractivity contribution in [2.45, 2.75) is 65.0 Å². The minimum atomic E-state index is -4.72. The van der Waals surface area contributed by atoms with Crippen LogP contribution in [0.3, 0.4) is 0 Å². The van der Waals surface area contributed by atoms with E-state index in [9.17, 15) is 22.8 Å². The second-order valence-electron chi connectivity index (χ2n) is 10.0. The number of ether oxygens (including phenoxy) is 1. The number of halogens is 4. The molecule has 0 saturated heterocycles. The number of carbonyl (C=O) groups excluding carboxylic acids is 2. The van der Waals surface area contributed by atoms with Crippen LogP contribution in [0.1, 0.15) is 88.8 Å². The van der Waals surface area contributed by atoms with Gasteiger partial charge in [0.15, 0.2) is 11.4 Å². The number of hydrogen-bond donors (Lipinski definition) is 1. The molecule has 0 saturated carbocycles. The Labute approximate surface area is 245 Å². The average Bonchev–Trinajstić information content (AvgIpc) is 3.33. The van der Waals surface area contributed by atoms with Crippen molar-refractivity contribution < 1.29 is 27.5 Å². The normalized spacial score (nSPS) is 16.4. The Morgan fingerprint density at radius 3 is 2.62 bits per heavy atom. The van der Waals surface area contributed by atoms with Crippen LogP contribution in [0.15, 0.2) is 30.6 Å². The lowest BCUT2D eigenvalue weighted by molar-refractivity contribution is -0.137. The molecule has 222 valence electrons. The SMILES string of the molecule is CCOC(=O)c1c2c(nn1[C@H](C)CNC(C)c1cnc(C#N)cn1)C[C@@H](C)N(C(=O)c1ccc(Cl)c(C(F)(F)F)c1)C2. The maximum atomic E-state index is 13.4. The number of carbonyl (C=O) groups is 2. The van der Waals surface area contributed by atoms with E-state index in [4.69, 9.17) is 26.7 Å². The van der Waals surface area contributed by atoms with Gasteiger partial charge in [-0.05, 0) is 45.9 Å². The lowest BCUT2D eigenvalue weighted by Gasteiger charge is -2.33. The number of nitrogens with zero attached hydrogens (tertiary/aromatic N) is 6. The zero-order chi connectivity index (χ0) is 30.8. The molecule has 2 aromatic heterocycles. The van der Waals surface area contributed by atoms with E-state index in [0.29, 0.717) is 23.5 Å². The summed E-state index contributed by atoms with van der Waals surface area (Å²) in [6, 6.07) is 4.01. The van der Waals surface area contributed by atoms with Crippen molar-refractivity contribution in [2.24, 2.45) is 0 Å². The van der Waals surface area contributed by atoms with Crippen molar-refractivity contribution in [3.05, 3.63) is 75.1 Å². The first-order chi connectivity index (χ1) is 19.8. The number of esters is 1. The largest absolute Gasteiger partial charge is 0.461 e. The molecule has 0 aliphatic carbocycles. The van der Waals surface area contributed by atoms with Crippen LogP contribution in [-0.4, -0.2) is 55.7 Å². The van der Waals surface area contributed by atoms with E-state index in [1.165, 1.54) is 23.4 Å². The zero-order valence-electron chi connectivity index (χ0n) is 23.4. The smallest absolute Gasteiger partial charge is 0.417 e. The van der Waals surface area contributed by atoms with Gasteiger partial charge >= 0.3 is 12.1 Å². The van der Waals surface area contributed by atoms with Gasteiger partial charge in [0, 0.05) is 36.2 Å². The lowest BCUT2D eigenvalue weighted by atomic mass is 9.98. The summed E-state index contributed by atoms with van der Waals surface area (Å²) in [5.74, 6) is -1.23. The third-order valence-corrected chi connectivity index (χ3v) is 7.39. The van der Waals surface area contributed by atoms with Gasteiger partial charge in [0.2, 0.25) is 0 Å². The Bertz CT molecular complexity index is 1520. The Hall–Kier alpha value is -4.02. The summed E-state index contributed by atoms with van der Waals surface area (Å²) in [5, 5.41) is 16.5. The van der Waals surface area contributed by atoms with Gasteiger partial charge < -0.3 is 15.0 Å². The van der Waals surface area contributed by atoms with Crippen molar-refractivity contribution >= 4 is 23.5 Å². The molecule has 1 aliphatic rings. The number of aromatic nitrogens is 4. The van der Waals surface area contributed by atoms with Gasteiger partial charge in [-0.1, -0.05) is 11.6 Å². The second kappa shape index (κ2) is 12.5. The first-order valence-electron chi connectivity index (χ1n) is 13.3. The van der Waals surface area contributed by atoms with Crippen molar-refractivity contribution in [1.29, 1.82) is 5.26 Å². The third kappa shape index (κ3) is 6.39. The maximum Gasteiger partial charge on any atom is 0.417 e. The van der Waals surface area contributed by atoms with Gasteiger partial charge in [0.05, 0.1) is 53.6 Å². The molecular weight excluding hydrogens is 575 g/mol. The highest BCUT2D eigenvalue weighted by Crippen LogP contribution is 2.36. The molecule has 42 heavy (non-hydrogen) atoms. The molecule has 10 nitrogen and oxygen atoms in total. The third-order valence-electron chi connectivity index (χ3n) is 7.06. The van der Waals surface area contributed by atoms with Gasteiger partial charge in [0.25, 0.3) is 5.91 Å². The highest BCUT2D eigenvalue weighted by atomic mass is 35.5. The van der Waals surface area contributed by atoms with Gasteiger partial charge in [-0.25, -0.2) is 9.78 Å². The van der Waals surface area contributed by atoms with E-state index in [-0.39, 0.29) is 48.6 Å². The summed E-state index contributed by atoms with van der Waals surface area (Å²) >= 11 is 5.75. The highest BCUT2D eigenvalue weighted by Gasteiger charge is 2.38. The number of nitriles is 1. The van der Waals surface area contributed by atoms with E-state index in [0.717, 1.165) is 12.1 Å². The van der Waals surface area contributed by atoms with Crippen LogP contribution in [-0.2, 0) is 23.9 Å². The van der Waals surface area contributed by atoms with Crippen LogP contribution in [0.25, 0.3) is 0 Å². The number of nitrogens with one attached hydrogen (secondary N) is 1. The summed E-state index contributed by atoms with van der Waals surface area (Å²) in [7, 11) is 0. The van der Waals surface area contributed by atoms with Gasteiger partial charge in [-0.15, -0.1) is 0 Å². The van der Waals surface area contributed by atoms with Gasteiger partial charge in [0.1, 0.15) is 6.07 Å². The summed E-state index contributed by atoms with van der Waals surface area (Å²) in [6.45, 7) is 7.65. The first kappa shape index (κ1) is 30.9. The van der Waals surface area contributed by atoms with E-state index < -0.39 is 34.7 Å². The molecule has 0 spiro atoms. The monoisotopic (exact) mass is 603 g/mol. The lowest BCUT2D eigenvalue weighted by Crippen LogP contribution is -2.43. The molecule has 3 aromatic rings. The van der Waals surface area contributed by atoms with Gasteiger partial charge in [-0.2, -0.15) is 23.5 Å². The fraction of sp³-hybridized carbons (Fsp3) is 0.429. The minimum Gasteiger partial charge on any atom is -0.461 e. The molecule has 1 N–H and O–H groups in total. The van der Waals surface area contributed by atoms with E-state index in [1.54, 1.807) is 18.5 Å². The van der Waals surface area contributed by atoms with Gasteiger partial charge in [-0.3, -0.25) is 14.5 Å². The standard InChI is InChI=1S/C28H29ClF3N7O3/c1-5-42-27(41)25-20-14-38(26(40)18-6-7-22(29)21(9-18)28(30,31)32)15(2)8-23(20)37-39(25)16(3)11-34-17(4)24-13-35-19(10-33)12-36-24/h6-7,9,12-13,15-17,34H,5,8,11,14H2,1-4H3/t15-,16-,17?/m1/s1. The molecule has 0 bridgehead atoms. The van der Waals surface area contributed by atoms with E-state index in [1.807, 2.05) is 19.9 Å². The molecule has 1 unspecified atom stereocenters. The number of hydrogen-bond acceptors (Lipinski definition) is 8. The molecule has 3 heterocycles. The molecule has 1 amide bonds. The first-order valence-corrected chi connectivity index (χ1v) is 13.6. The molecule has 3 atom stereocenters. The van der Waals surface area contributed by atoms with Crippen LogP contribution in [0.5, 0.6) is 0 Å². The van der Waals surface area contributed by atoms with Crippen LogP contribution < -0.4 is 5.32 Å². The van der Waals surface area contributed by atoms with Crippen molar-refractivity contribution in [3.63, 3.8) is 0 Å². The van der Waals surface area contributed by atoms with Crippen LogP contribution >= 0.6 is 11.6 Å². The second-order valence-corrected chi connectivity index (χ2v) is 10.4.